The molecule has 1 amide bonds. The van der Waals surface area contributed by atoms with Crippen LogP contribution in [0.1, 0.15) is 15.9 Å². The van der Waals surface area contributed by atoms with Crippen LogP contribution in [-0.4, -0.2) is 5.91 Å². The number of hydrogen-bond donors (Lipinski definition) is 2. The fourth-order valence-electron chi connectivity index (χ4n) is 1.56. The second kappa shape index (κ2) is 5.55. The summed E-state index contributed by atoms with van der Waals surface area (Å²) in [5.74, 6) is -0.897. The lowest BCUT2D eigenvalue weighted by atomic mass is 10.1. The van der Waals surface area contributed by atoms with Gasteiger partial charge in [-0.2, -0.15) is 5.26 Å². The highest BCUT2D eigenvalue weighted by Crippen LogP contribution is 2.17. The first-order chi connectivity index (χ1) is 9.10. The van der Waals surface area contributed by atoms with Crippen molar-refractivity contribution in [2.24, 2.45) is 0 Å². The molecule has 0 aliphatic rings. The molecule has 0 saturated carbocycles. The number of nitriles is 1. The lowest BCUT2D eigenvalue weighted by molar-refractivity contribution is 0.102. The lowest BCUT2D eigenvalue weighted by Gasteiger charge is -2.07. The Morgan fingerprint density at radius 2 is 2.05 bits per heavy atom. The second-order valence-electron chi connectivity index (χ2n) is 3.81. The summed E-state index contributed by atoms with van der Waals surface area (Å²) < 4.78 is 13.0. The third kappa shape index (κ3) is 3.12. The number of benzene rings is 2. The first-order valence-corrected chi connectivity index (χ1v) is 5.85. The van der Waals surface area contributed by atoms with E-state index in [1.54, 1.807) is 24.3 Å². The van der Waals surface area contributed by atoms with Gasteiger partial charge in [0.2, 0.25) is 0 Å². The Balaban J connectivity index is 2.27. The number of amides is 1. The van der Waals surface area contributed by atoms with Gasteiger partial charge in [0.15, 0.2) is 0 Å². The van der Waals surface area contributed by atoms with E-state index in [2.05, 4.69) is 17.9 Å². The summed E-state index contributed by atoms with van der Waals surface area (Å²) in [6, 6.07) is 12.1. The van der Waals surface area contributed by atoms with Crippen molar-refractivity contribution in [3.8, 4) is 6.07 Å². The van der Waals surface area contributed by atoms with Crippen LogP contribution >= 0.6 is 12.6 Å². The molecule has 2 rings (SSSR count). The maximum Gasteiger partial charge on any atom is 0.255 e. The highest BCUT2D eigenvalue weighted by atomic mass is 32.1. The number of thiol groups is 1. The number of halogens is 1. The van der Waals surface area contributed by atoms with E-state index in [-0.39, 0.29) is 17.2 Å². The molecule has 0 radical (unpaired) electrons. The lowest BCUT2D eigenvalue weighted by Crippen LogP contribution is -2.12. The van der Waals surface area contributed by atoms with Crippen molar-refractivity contribution in [2.75, 3.05) is 5.32 Å². The highest BCUT2D eigenvalue weighted by Gasteiger charge is 2.10. The van der Waals surface area contributed by atoms with E-state index < -0.39 is 5.82 Å². The predicted octanol–water partition coefficient (Wildman–Crippen LogP) is 3.24. The monoisotopic (exact) mass is 272 g/mol. The molecule has 0 saturated heterocycles. The molecule has 2 aromatic rings. The molecule has 0 heterocycles. The van der Waals surface area contributed by atoms with Gasteiger partial charge in [0.1, 0.15) is 11.9 Å². The van der Waals surface area contributed by atoms with Gasteiger partial charge in [0.05, 0.1) is 11.3 Å². The Kier molecular flexibility index (Phi) is 3.83. The van der Waals surface area contributed by atoms with Crippen LogP contribution in [0.3, 0.4) is 0 Å². The third-order valence-corrected chi connectivity index (χ3v) is 2.74. The van der Waals surface area contributed by atoms with Crippen molar-refractivity contribution in [3.63, 3.8) is 0 Å². The Morgan fingerprint density at radius 3 is 2.74 bits per heavy atom. The minimum Gasteiger partial charge on any atom is -0.321 e. The van der Waals surface area contributed by atoms with E-state index >= 15 is 0 Å². The first kappa shape index (κ1) is 13.1. The van der Waals surface area contributed by atoms with Crippen molar-refractivity contribution >= 4 is 24.2 Å². The average Bonchev–Trinajstić information content (AvgIpc) is 2.40. The van der Waals surface area contributed by atoms with Gasteiger partial charge in [-0.25, -0.2) is 4.39 Å². The van der Waals surface area contributed by atoms with E-state index in [4.69, 9.17) is 5.26 Å². The smallest absolute Gasteiger partial charge is 0.255 e. The molecule has 0 fully saturated rings. The van der Waals surface area contributed by atoms with Crippen LogP contribution < -0.4 is 5.32 Å². The molecule has 5 heteroatoms. The molecule has 0 aromatic heterocycles. The molecule has 0 bridgehead atoms. The highest BCUT2D eigenvalue weighted by molar-refractivity contribution is 7.80. The molecule has 0 spiro atoms. The average molecular weight is 272 g/mol. The number of anilines is 1. The summed E-state index contributed by atoms with van der Waals surface area (Å²) in [4.78, 5) is 12.6. The zero-order valence-electron chi connectivity index (χ0n) is 9.72. The predicted molar refractivity (Wildman–Crippen MR) is 72.8 cm³/mol. The van der Waals surface area contributed by atoms with E-state index in [9.17, 15) is 9.18 Å². The molecule has 3 nitrogen and oxygen atoms in total. The quantitative estimate of drug-likeness (QED) is 0.825. The fourth-order valence-corrected chi connectivity index (χ4v) is 1.78. The largest absolute Gasteiger partial charge is 0.321 e. The summed E-state index contributed by atoms with van der Waals surface area (Å²) in [5.41, 5.74) is 0.773. The maximum absolute atomic E-state index is 13.0. The van der Waals surface area contributed by atoms with Crippen molar-refractivity contribution in [1.29, 1.82) is 5.26 Å². The van der Waals surface area contributed by atoms with Crippen molar-refractivity contribution in [1.82, 2.24) is 0 Å². The second-order valence-corrected chi connectivity index (χ2v) is 4.32. The Labute approximate surface area is 115 Å². The molecule has 0 aliphatic carbocycles. The van der Waals surface area contributed by atoms with E-state index in [0.29, 0.717) is 10.5 Å². The molecule has 94 valence electrons. The number of carbonyl (C=O) groups is 1. The summed E-state index contributed by atoms with van der Waals surface area (Å²) in [7, 11) is 0. The SMILES string of the molecule is N#Cc1cc(F)ccc1NC(=O)c1cccc(S)c1. The summed E-state index contributed by atoms with van der Waals surface area (Å²) in [5, 5.41) is 11.5. The molecule has 2 aromatic carbocycles. The van der Waals surface area contributed by atoms with Crippen LogP contribution in [0.2, 0.25) is 0 Å². The number of carbonyl (C=O) groups excluding carboxylic acids is 1. The molecule has 0 atom stereocenters. The zero-order chi connectivity index (χ0) is 13.8. The number of nitrogens with zero attached hydrogens (tertiary/aromatic N) is 1. The number of rotatable bonds is 2. The van der Waals surface area contributed by atoms with Crippen LogP contribution in [0.5, 0.6) is 0 Å². The number of hydrogen-bond acceptors (Lipinski definition) is 3. The Hall–Kier alpha value is -2.32. The van der Waals surface area contributed by atoms with Crippen LogP contribution in [0.4, 0.5) is 10.1 Å². The molecular formula is C14H9FN2OS. The Bertz CT molecular complexity index is 679. The summed E-state index contributed by atoms with van der Waals surface area (Å²) in [6.45, 7) is 0. The molecule has 19 heavy (non-hydrogen) atoms. The van der Waals surface area contributed by atoms with Crippen LogP contribution in [-0.2, 0) is 0 Å². The Morgan fingerprint density at radius 1 is 1.26 bits per heavy atom. The molecule has 1 N–H and O–H groups in total. The number of nitrogens with one attached hydrogen (secondary N) is 1. The first-order valence-electron chi connectivity index (χ1n) is 5.40. The van der Waals surface area contributed by atoms with Crippen molar-refractivity contribution < 1.29 is 9.18 Å². The maximum atomic E-state index is 13.0. The van der Waals surface area contributed by atoms with Gasteiger partial charge in [0.25, 0.3) is 5.91 Å². The van der Waals surface area contributed by atoms with Crippen LogP contribution in [0.15, 0.2) is 47.4 Å². The van der Waals surface area contributed by atoms with Gasteiger partial charge in [-0.3, -0.25) is 4.79 Å². The topological polar surface area (TPSA) is 52.9 Å². The van der Waals surface area contributed by atoms with Gasteiger partial charge in [-0.05, 0) is 36.4 Å². The van der Waals surface area contributed by atoms with Gasteiger partial charge in [-0.1, -0.05) is 6.07 Å². The fraction of sp³-hybridized carbons (Fsp3) is 0. The molecule has 0 aliphatic heterocycles. The van der Waals surface area contributed by atoms with Crippen molar-refractivity contribution in [2.45, 2.75) is 4.90 Å². The third-order valence-electron chi connectivity index (χ3n) is 2.46. The zero-order valence-corrected chi connectivity index (χ0v) is 10.6. The minimum atomic E-state index is -0.521. The van der Waals surface area contributed by atoms with E-state index in [0.717, 1.165) is 6.07 Å². The minimum absolute atomic E-state index is 0.0791. The van der Waals surface area contributed by atoms with E-state index in [1.165, 1.54) is 12.1 Å². The normalized spacial score (nSPS) is 9.74. The summed E-state index contributed by atoms with van der Waals surface area (Å²) >= 11 is 4.15. The van der Waals surface area contributed by atoms with Crippen molar-refractivity contribution in [3.05, 3.63) is 59.4 Å². The van der Waals surface area contributed by atoms with E-state index in [1.807, 2.05) is 6.07 Å². The van der Waals surface area contributed by atoms with Gasteiger partial charge in [0, 0.05) is 10.5 Å². The van der Waals surface area contributed by atoms with Gasteiger partial charge >= 0.3 is 0 Å². The molecule has 0 unspecified atom stereocenters. The summed E-state index contributed by atoms with van der Waals surface area (Å²) in [6.07, 6.45) is 0. The van der Waals surface area contributed by atoms with Crippen LogP contribution in [0.25, 0.3) is 0 Å². The van der Waals surface area contributed by atoms with Gasteiger partial charge in [-0.15, -0.1) is 12.6 Å². The molecular weight excluding hydrogens is 263 g/mol. The standard InChI is InChI=1S/C14H9FN2OS/c15-11-4-5-13(10(6-11)8-16)17-14(18)9-2-1-3-12(19)7-9/h1-7,19H,(H,17,18). The van der Waals surface area contributed by atoms with Gasteiger partial charge < -0.3 is 5.32 Å². The van der Waals surface area contributed by atoms with Crippen LogP contribution in [0, 0.1) is 17.1 Å².